The van der Waals surface area contributed by atoms with E-state index in [0.29, 0.717) is 24.2 Å². The lowest BCUT2D eigenvalue weighted by Crippen LogP contribution is -2.15. The number of rotatable bonds is 1. The van der Waals surface area contributed by atoms with E-state index in [1.807, 2.05) is 6.07 Å². The molecule has 108 valence electrons. The first-order valence-electron chi connectivity index (χ1n) is 6.45. The van der Waals surface area contributed by atoms with Crippen molar-refractivity contribution in [3.8, 4) is 16.9 Å². The Labute approximate surface area is 119 Å². The molecule has 0 aromatic heterocycles. The zero-order valence-electron chi connectivity index (χ0n) is 10.9. The first-order chi connectivity index (χ1) is 9.93. The number of carbonyl (C=O) groups excluding carboxylic acids is 1. The van der Waals surface area contributed by atoms with Gasteiger partial charge in [0.05, 0.1) is 12.0 Å². The molecule has 0 radical (unpaired) electrons. The molecule has 2 aromatic rings. The molecule has 0 aliphatic carbocycles. The van der Waals surface area contributed by atoms with Gasteiger partial charge in [-0.25, -0.2) is 0 Å². The Morgan fingerprint density at radius 1 is 0.905 bits per heavy atom. The highest BCUT2D eigenvalue weighted by atomic mass is 19.4. The predicted octanol–water partition coefficient (Wildman–Crippen LogP) is 4.22. The number of halogens is 3. The van der Waals surface area contributed by atoms with Crippen molar-refractivity contribution in [3.05, 3.63) is 53.6 Å². The van der Waals surface area contributed by atoms with Gasteiger partial charge in [0.25, 0.3) is 0 Å². The third-order valence-electron chi connectivity index (χ3n) is 3.43. The van der Waals surface area contributed by atoms with Gasteiger partial charge in [-0.1, -0.05) is 18.2 Å². The SMILES string of the molecule is O=C1CCc2cc(-c3ccc(C(F)(F)F)cc3)ccc2O1. The molecule has 0 spiro atoms. The van der Waals surface area contributed by atoms with Crippen molar-refractivity contribution in [1.29, 1.82) is 0 Å². The fourth-order valence-corrected chi connectivity index (χ4v) is 2.32. The molecule has 2 nitrogen and oxygen atoms in total. The van der Waals surface area contributed by atoms with Crippen molar-refractivity contribution < 1.29 is 22.7 Å². The van der Waals surface area contributed by atoms with Gasteiger partial charge < -0.3 is 4.74 Å². The van der Waals surface area contributed by atoms with Crippen molar-refractivity contribution in [2.75, 3.05) is 0 Å². The number of benzene rings is 2. The highest BCUT2D eigenvalue weighted by Crippen LogP contribution is 2.33. The molecule has 2 aromatic carbocycles. The van der Waals surface area contributed by atoms with Crippen LogP contribution in [0.3, 0.4) is 0 Å². The molecule has 0 saturated carbocycles. The van der Waals surface area contributed by atoms with Crippen LogP contribution in [-0.2, 0) is 17.4 Å². The molecule has 0 N–H and O–H groups in total. The number of hydrogen-bond acceptors (Lipinski definition) is 2. The van der Waals surface area contributed by atoms with E-state index in [1.54, 1.807) is 12.1 Å². The Balaban J connectivity index is 1.92. The quantitative estimate of drug-likeness (QED) is 0.581. The lowest BCUT2D eigenvalue weighted by atomic mass is 9.98. The summed E-state index contributed by atoms with van der Waals surface area (Å²) in [4.78, 5) is 11.2. The minimum absolute atomic E-state index is 0.259. The maximum Gasteiger partial charge on any atom is 0.416 e. The van der Waals surface area contributed by atoms with Gasteiger partial charge in [-0.15, -0.1) is 0 Å². The van der Waals surface area contributed by atoms with E-state index < -0.39 is 11.7 Å². The van der Waals surface area contributed by atoms with Crippen LogP contribution in [0, 0.1) is 0 Å². The molecular formula is C16H11F3O2. The minimum atomic E-state index is -4.33. The van der Waals surface area contributed by atoms with Crippen LogP contribution in [0.1, 0.15) is 17.5 Å². The number of ether oxygens (including phenoxy) is 1. The van der Waals surface area contributed by atoms with Crippen LogP contribution < -0.4 is 4.74 Å². The molecule has 1 aliphatic heterocycles. The summed E-state index contributed by atoms with van der Waals surface area (Å²) in [5, 5.41) is 0. The topological polar surface area (TPSA) is 26.3 Å². The minimum Gasteiger partial charge on any atom is -0.426 e. The Morgan fingerprint density at radius 3 is 2.24 bits per heavy atom. The summed E-state index contributed by atoms with van der Waals surface area (Å²) in [6.07, 6.45) is -3.42. The van der Waals surface area contributed by atoms with E-state index in [9.17, 15) is 18.0 Å². The van der Waals surface area contributed by atoms with Crippen LogP contribution in [0.2, 0.25) is 0 Å². The molecular weight excluding hydrogens is 281 g/mol. The Hall–Kier alpha value is -2.30. The fraction of sp³-hybridized carbons (Fsp3) is 0.188. The Kier molecular flexibility index (Phi) is 3.20. The fourth-order valence-electron chi connectivity index (χ4n) is 2.32. The Morgan fingerprint density at radius 2 is 1.57 bits per heavy atom. The summed E-state index contributed by atoms with van der Waals surface area (Å²) < 4.78 is 42.7. The van der Waals surface area contributed by atoms with E-state index in [-0.39, 0.29) is 5.97 Å². The van der Waals surface area contributed by atoms with Gasteiger partial charge in [0.1, 0.15) is 5.75 Å². The van der Waals surface area contributed by atoms with E-state index in [1.165, 1.54) is 12.1 Å². The van der Waals surface area contributed by atoms with Gasteiger partial charge in [0.15, 0.2) is 0 Å². The molecule has 0 saturated heterocycles. The van der Waals surface area contributed by atoms with E-state index in [0.717, 1.165) is 23.3 Å². The largest absolute Gasteiger partial charge is 0.426 e. The van der Waals surface area contributed by atoms with Gasteiger partial charge in [-0.05, 0) is 47.4 Å². The summed E-state index contributed by atoms with van der Waals surface area (Å²) in [6.45, 7) is 0. The third kappa shape index (κ3) is 2.77. The summed E-state index contributed by atoms with van der Waals surface area (Å²) in [6, 6.07) is 10.3. The summed E-state index contributed by atoms with van der Waals surface area (Å²) in [5.41, 5.74) is 1.73. The molecule has 3 rings (SSSR count). The number of esters is 1. The molecule has 0 unspecified atom stereocenters. The normalized spacial score (nSPS) is 14.5. The number of carbonyl (C=O) groups is 1. The number of hydrogen-bond donors (Lipinski definition) is 0. The molecule has 5 heteroatoms. The van der Waals surface area contributed by atoms with Crippen molar-refractivity contribution >= 4 is 5.97 Å². The zero-order chi connectivity index (χ0) is 15.0. The van der Waals surface area contributed by atoms with Gasteiger partial charge >= 0.3 is 12.1 Å². The lowest BCUT2D eigenvalue weighted by Gasteiger charge is -2.16. The molecule has 1 heterocycles. The van der Waals surface area contributed by atoms with E-state index >= 15 is 0 Å². The maximum atomic E-state index is 12.5. The van der Waals surface area contributed by atoms with E-state index in [4.69, 9.17) is 4.74 Å². The van der Waals surface area contributed by atoms with Gasteiger partial charge in [0.2, 0.25) is 0 Å². The van der Waals surface area contributed by atoms with Crippen molar-refractivity contribution in [3.63, 3.8) is 0 Å². The number of alkyl halides is 3. The summed E-state index contributed by atoms with van der Waals surface area (Å²) >= 11 is 0. The standard InChI is InChI=1S/C16H11F3O2/c17-16(18,19)13-5-1-10(2-6-13)11-3-7-14-12(9-11)4-8-15(20)21-14/h1-3,5-7,9H,4,8H2. The second-order valence-electron chi connectivity index (χ2n) is 4.87. The molecule has 21 heavy (non-hydrogen) atoms. The highest BCUT2D eigenvalue weighted by molar-refractivity contribution is 5.76. The zero-order valence-corrected chi connectivity index (χ0v) is 10.9. The lowest BCUT2D eigenvalue weighted by molar-refractivity contribution is -0.137. The van der Waals surface area contributed by atoms with Crippen LogP contribution in [0.15, 0.2) is 42.5 Å². The van der Waals surface area contributed by atoms with Crippen LogP contribution in [0.5, 0.6) is 5.75 Å². The van der Waals surface area contributed by atoms with E-state index in [2.05, 4.69) is 0 Å². The van der Waals surface area contributed by atoms with Crippen LogP contribution >= 0.6 is 0 Å². The third-order valence-corrected chi connectivity index (χ3v) is 3.43. The average Bonchev–Trinajstić information content (AvgIpc) is 2.46. The Bertz CT molecular complexity index is 688. The maximum absolute atomic E-state index is 12.5. The van der Waals surface area contributed by atoms with Crippen LogP contribution in [0.4, 0.5) is 13.2 Å². The van der Waals surface area contributed by atoms with Crippen LogP contribution in [0.25, 0.3) is 11.1 Å². The van der Waals surface area contributed by atoms with Crippen molar-refractivity contribution in [2.45, 2.75) is 19.0 Å². The molecule has 0 atom stereocenters. The molecule has 0 fully saturated rings. The molecule has 0 bridgehead atoms. The average molecular weight is 292 g/mol. The molecule has 0 amide bonds. The predicted molar refractivity (Wildman–Crippen MR) is 70.8 cm³/mol. The first kappa shape index (κ1) is 13.7. The van der Waals surface area contributed by atoms with Crippen molar-refractivity contribution in [2.24, 2.45) is 0 Å². The second-order valence-corrected chi connectivity index (χ2v) is 4.87. The smallest absolute Gasteiger partial charge is 0.416 e. The molecule has 1 aliphatic rings. The second kappa shape index (κ2) is 4.91. The first-order valence-corrected chi connectivity index (χ1v) is 6.45. The monoisotopic (exact) mass is 292 g/mol. The summed E-state index contributed by atoms with van der Waals surface area (Å²) in [7, 11) is 0. The summed E-state index contributed by atoms with van der Waals surface area (Å²) in [5.74, 6) is 0.270. The van der Waals surface area contributed by atoms with Gasteiger partial charge in [-0.3, -0.25) is 4.79 Å². The highest BCUT2D eigenvalue weighted by Gasteiger charge is 2.30. The van der Waals surface area contributed by atoms with Crippen molar-refractivity contribution in [1.82, 2.24) is 0 Å². The van der Waals surface area contributed by atoms with Gasteiger partial charge in [0, 0.05) is 0 Å². The number of fused-ring (bicyclic) bond motifs is 1. The van der Waals surface area contributed by atoms with Crippen LogP contribution in [-0.4, -0.2) is 5.97 Å². The number of aryl methyl sites for hydroxylation is 1. The van der Waals surface area contributed by atoms with Gasteiger partial charge in [-0.2, -0.15) is 13.2 Å².